The van der Waals surface area contributed by atoms with Crippen LogP contribution in [0.25, 0.3) is 0 Å². The number of thiazole rings is 1. The molecular weight excluding hydrogens is 438 g/mol. The van der Waals surface area contributed by atoms with Gasteiger partial charge in [0.15, 0.2) is 9.34 Å². The van der Waals surface area contributed by atoms with Gasteiger partial charge in [0.2, 0.25) is 5.91 Å². The molecule has 1 aromatic heterocycles. The van der Waals surface area contributed by atoms with E-state index < -0.39 is 16.0 Å². The molecule has 0 unspecified atom stereocenters. The average Bonchev–Trinajstić information content (AvgIpc) is 3.07. The van der Waals surface area contributed by atoms with Crippen molar-refractivity contribution in [2.24, 2.45) is 0 Å². The number of anilines is 2. The van der Waals surface area contributed by atoms with Crippen molar-refractivity contribution >= 4 is 44.1 Å². The first-order chi connectivity index (χ1) is 14.7. The van der Waals surface area contributed by atoms with E-state index in [1.807, 2.05) is 0 Å². The van der Waals surface area contributed by atoms with Crippen LogP contribution in [0.4, 0.5) is 10.8 Å². The Hall–Kier alpha value is -3.24. The maximum absolute atomic E-state index is 13.0. The van der Waals surface area contributed by atoms with Crippen molar-refractivity contribution in [2.75, 3.05) is 10.0 Å². The van der Waals surface area contributed by atoms with Gasteiger partial charge >= 0.3 is 5.97 Å². The Kier molecular flexibility index (Phi) is 6.71. The number of carbonyl (C=O) groups is 2. The van der Waals surface area contributed by atoms with Gasteiger partial charge in [0.05, 0.1) is 16.9 Å². The van der Waals surface area contributed by atoms with Crippen LogP contribution < -0.4 is 10.0 Å². The number of hydrogen-bond acceptors (Lipinski definition) is 6. The van der Waals surface area contributed by atoms with Gasteiger partial charge in [-0.25, -0.2) is 18.2 Å². The van der Waals surface area contributed by atoms with E-state index in [-0.39, 0.29) is 26.5 Å². The van der Waals surface area contributed by atoms with Gasteiger partial charge < -0.3 is 10.4 Å². The minimum atomic E-state index is -3.93. The number of hydrogen-bond donors (Lipinski definition) is 3. The number of para-hydroxylation sites is 1. The summed E-state index contributed by atoms with van der Waals surface area (Å²) in [6, 6.07) is 13.7. The number of carboxylic acid groups (broad SMARTS) is 1. The number of amides is 1. The van der Waals surface area contributed by atoms with Gasteiger partial charge in [0.25, 0.3) is 10.0 Å². The maximum Gasteiger partial charge on any atom is 0.335 e. The van der Waals surface area contributed by atoms with Crippen LogP contribution in [0.15, 0.2) is 52.7 Å². The third-order valence-electron chi connectivity index (χ3n) is 4.45. The third-order valence-corrected chi connectivity index (χ3v) is 7.50. The number of sulfonamides is 1. The number of aryl methyl sites for hydroxylation is 3. The van der Waals surface area contributed by atoms with Crippen LogP contribution in [0.5, 0.6) is 0 Å². The van der Waals surface area contributed by atoms with Crippen molar-refractivity contribution in [3.8, 4) is 0 Å². The lowest BCUT2D eigenvalue weighted by Crippen LogP contribution is -2.14. The lowest BCUT2D eigenvalue weighted by Gasteiger charge is -2.13. The van der Waals surface area contributed by atoms with E-state index in [1.54, 1.807) is 55.5 Å². The zero-order chi connectivity index (χ0) is 22.6. The number of carbonyl (C=O) groups excluding carboxylic acids is 1. The number of carboxylic acids is 1. The quantitative estimate of drug-likeness (QED) is 0.472. The summed E-state index contributed by atoms with van der Waals surface area (Å²) in [7, 11) is -3.93. The molecule has 0 spiro atoms. The van der Waals surface area contributed by atoms with Crippen molar-refractivity contribution in [1.82, 2.24) is 4.98 Å². The number of rotatable bonds is 8. The second-order valence-electron chi connectivity index (χ2n) is 6.80. The zero-order valence-corrected chi connectivity index (χ0v) is 18.5. The molecule has 1 heterocycles. The summed E-state index contributed by atoms with van der Waals surface area (Å²) in [6.07, 6.45) is 0.884. The molecule has 2 aromatic carbocycles. The van der Waals surface area contributed by atoms with E-state index in [0.29, 0.717) is 24.1 Å². The minimum absolute atomic E-state index is 0.0160. The van der Waals surface area contributed by atoms with Crippen molar-refractivity contribution in [1.29, 1.82) is 0 Å². The predicted molar refractivity (Wildman–Crippen MR) is 119 cm³/mol. The molecule has 3 N–H and O–H groups in total. The Bertz CT molecular complexity index is 1240. The van der Waals surface area contributed by atoms with Crippen LogP contribution in [0.2, 0.25) is 0 Å². The second-order valence-corrected chi connectivity index (χ2v) is 9.67. The predicted octanol–water partition coefficient (Wildman–Crippen LogP) is 3.69. The van der Waals surface area contributed by atoms with Crippen LogP contribution in [0.1, 0.15) is 34.1 Å². The van der Waals surface area contributed by atoms with E-state index in [1.165, 1.54) is 6.92 Å². The van der Waals surface area contributed by atoms with Crippen LogP contribution in [-0.2, 0) is 27.7 Å². The second kappa shape index (κ2) is 9.27. The van der Waals surface area contributed by atoms with Gasteiger partial charge in [-0.05, 0) is 43.0 Å². The van der Waals surface area contributed by atoms with Gasteiger partial charge in [-0.3, -0.25) is 9.52 Å². The molecule has 3 aromatic rings. The first-order valence-electron chi connectivity index (χ1n) is 9.34. The zero-order valence-electron chi connectivity index (χ0n) is 16.9. The highest BCUT2D eigenvalue weighted by Crippen LogP contribution is 2.30. The lowest BCUT2D eigenvalue weighted by molar-refractivity contribution is -0.114. The Morgan fingerprint density at radius 1 is 1.03 bits per heavy atom. The minimum Gasteiger partial charge on any atom is -0.478 e. The Morgan fingerprint density at radius 2 is 1.65 bits per heavy atom. The average molecular weight is 460 g/mol. The van der Waals surface area contributed by atoms with E-state index in [4.69, 9.17) is 0 Å². The molecule has 10 heteroatoms. The molecule has 0 aliphatic carbocycles. The maximum atomic E-state index is 13.0. The van der Waals surface area contributed by atoms with Crippen molar-refractivity contribution < 1.29 is 23.1 Å². The first-order valence-corrected chi connectivity index (χ1v) is 11.6. The van der Waals surface area contributed by atoms with Gasteiger partial charge in [-0.1, -0.05) is 47.7 Å². The van der Waals surface area contributed by atoms with Gasteiger partial charge in [-0.2, -0.15) is 0 Å². The topological polar surface area (TPSA) is 125 Å². The molecule has 0 fully saturated rings. The summed E-state index contributed by atoms with van der Waals surface area (Å²) in [5.41, 5.74) is 2.33. The number of aromatic carboxylic acids is 1. The van der Waals surface area contributed by atoms with Crippen LogP contribution in [0.3, 0.4) is 0 Å². The summed E-state index contributed by atoms with van der Waals surface area (Å²) < 4.78 is 28.5. The number of nitrogens with zero attached hydrogens (tertiary/aromatic N) is 1. The Balaban J connectivity index is 1.83. The standard InChI is InChI=1S/C21H21N3O5S2/c1-13-20(30-21(22-13)23-14(2)25)31(28,29)24-18-10-6-4-8-16(18)12-11-15-7-3-5-9-17(15)19(26)27/h3-10,24H,11-12H2,1-2H3,(H,26,27)(H,22,23,25). The highest BCUT2D eigenvalue weighted by atomic mass is 32.2. The smallest absolute Gasteiger partial charge is 0.335 e. The van der Waals surface area contributed by atoms with Crippen LogP contribution in [-0.4, -0.2) is 30.4 Å². The molecule has 3 rings (SSSR count). The monoisotopic (exact) mass is 459 g/mol. The molecule has 162 valence electrons. The largest absolute Gasteiger partial charge is 0.478 e. The Labute approximate surface area is 184 Å². The van der Waals surface area contributed by atoms with Crippen molar-refractivity contribution in [3.63, 3.8) is 0 Å². The fourth-order valence-electron chi connectivity index (χ4n) is 3.08. The van der Waals surface area contributed by atoms with Crippen LogP contribution >= 0.6 is 11.3 Å². The fraction of sp³-hybridized carbons (Fsp3) is 0.190. The van der Waals surface area contributed by atoms with Gasteiger partial charge in [0.1, 0.15) is 0 Å². The van der Waals surface area contributed by atoms with Gasteiger partial charge in [-0.15, -0.1) is 0 Å². The van der Waals surface area contributed by atoms with E-state index in [9.17, 15) is 23.1 Å². The molecular formula is C21H21N3O5S2. The Morgan fingerprint density at radius 3 is 2.32 bits per heavy atom. The number of nitrogens with one attached hydrogen (secondary N) is 2. The fourth-order valence-corrected chi connectivity index (χ4v) is 5.64. The summed E-state index contributed by atoms with van der Waals surface area (Å²) in [6.45, 7) is 2.88. The molecule has 8 nitrogen and oxygen atoms in total. The summed E-state index contributed by atoms with van der Waals surface area (Å²) >= 11 is 0.876. The molecule has 31 heavy (non-hydrogen) atoms. The molecule has 0 atom stereocenters. The molecule has 0 aliphatic heterocycles. The molecule has 0 saturated heterocycles. The molecule has 0 aliphatic rings. The highest BCUT2D eigenvalue weighted by molar-refractivity contribution is 7.94. The van der Waals surface area contributed by atoms with Crippen molar-refractivity contribution in [2.45, 2.75) is 30.9 Å². The van der Waals surface area contributed by atoms with E-state index in [2.05, 4.69) is 15.0 Å². The molecule has 1 amide bonds. The van der Waals surface area contributed by atoms with E-state index in [0.717, 1.165) is 16.9 Å². The lowest BCUT2D eigenvalue weighted by atomic mass is 9.99. The first kappa shape index (κ1) is 22.4. The SMILES string of the molecule is CC(=O)Nc1nc(C)c(S(=O)(=O)Nc2ccccc2CCc2ccccc2C(=O)O)s1. The summed E-state index contributed by atoms with van der Waals surface area (Å²) in [5.74, 6) is -1.34. The van der Waals surface area contributed by atoms with Crippen molar-refractivity contribution in [3.05, 3.63) is 70.9 Å². The third kappa shape index (κ3) is 5.47. The number of benzene rings is 2. The van der Waals surface area contributed by atoms with Crippen LogP contribution in [0, 0.1) is 6.92 Å². The molecule has 0 radical (unpaired) electrons. The van der Waals surface area contributed by atoms with Gasteiger partial charge in [0, 0.05) is 6.92 Å². The number of aromatic nitrogens is 1. The molecule has 0 bridgehead atoms. The van der Waals surface area contributed by atoms with E-state index >= 15 is 0 Å². The highest BCUT2D eigenvalue weighted by Gasteiger charge is 2.23. The summed E-state index contributed by atoms with van der Waals surface area (Å²) in [4.78, 5) is 26.7. The summed E-state index contributed by atoms with van der Waals surface area (Å²) in [5, 5.41) is 12.1. The normalized spacial score (nSPS) is 11.2. The molecule has 0 saturated carbocycles.